The van der Waals surface area contributed by atoms with E-state index in [1.807, 2.05) is 94.1 Å². The normalized spacial score (nSPS) is 14.3. The van der Waals surface area contributed by atoms with Crippen LogP contribution in [0.2, 0.25) is 0 Å². The predicted octanol–water partition coefficient (Wildman–Crippen LogP) is 20.3. The first-order chi connectivity index (χ1) is 38.4. The lowest BCUT2D eigenvalue weighted by Crippen LogP contribution is -2.47. The zero-order valence-corrected chi connectivity index (χ0v) is 53.0. The molecule has 3 atom stereocenters. The molecule has 0 spiro atoms. The molecule has 0 saturated carbocycles. The first-order valence-electron chi connectivity index (χ1n) is 32.6. The predicted molar refractivity (Wildman–Crippen MR) is 341 cm³/mol. The Kier molecular flexibility index (Phi) is 55.9. The van der Waals surface area contributed by atoms with Crippen molar-refractivity contribution in [2.75, 3.05) is 40.9 Å². The number of nitrogens with zero attached hydrogens (tertiary/aromatic N) is 1. The van der Waals surface area contributed by atoms with Crippen LogP contribution in [0.5, 0.6) is 0 Å². The Labute approximate surface area is 488 Å². The van der Waals surface area contributed by atoms with Gasteiger partial charge in [0.25, 0.3) is 0 Å². The third-order valence-corrected chi connectivity index (χ3v) is 15.2. The fourth-order valence-electron chi connectivity index (χ4n) is 9.14. The Morgan fingerprint density at radius 3 is 1.27 bits per heavy atom. The van der Waals surface area contributed by atoms with Crippen LogP contribution in [-0.4, -0.2) is 74.3 Å². The molecule has 0 aromatic heterocycles. The van der Waals surface area contributed by atoms with Crippen LogP contribution in [0.3, 0.4) is 0 Å². The van der Waals surface area contributed by atoms with Crippen molar-refractivity contribution in [2.24, 2.45) is 0 Å². The summed E-state index contributed by atoms with van der Waals surface area (Å²) in [5.74, 6) is -0.554. The quantitative estimate of drug-likeness (QED) is 0.0156. The number of carbonyl (C=O) groups excluding carboxylic acids is 2. The summed E-state index contributed by atoms with van der Waals surface area (Å²) in [6.07, 6.45) is 78.4. The van der Waals surface area contributed by atoms with Gasteiger partial charge in [-0.1, -0.05) is 285 Å². The molecule has 0 aromatic rings. The van der Waals surface area contributed by atoms with Crippen molar-refractivity contribution in [3.8, 4) is 0 Å². The van der Waals surface area contributed by atoms with E-state index in [1.165, 1.54) is 173 Å². The summed E-state index contributed by atoms with van der Waals surface area (Å²) < 4.78 is 30.7. The standard InChI is InChI=1S/C69H123N2O7P/c1-7-10-13-16-19-22-25-28-30-32-33-34-35-36-37-39-41-44-47-50-53-56-59-62-69(73)78-67(60-57-54-51-48-45-42-27-24-21-18-15-12-9-3)66(65-77-79(74,75)76-64-63-71(4,5)6)70-68(72)61-58-55-52-49-46-43-40-38-31-29-26-23-20-17-14-11-8-2/h11,14,17,20,23,26,28-31,38,40,43,46,57,60,66-67H,7-10,12-13,15-16,18-19,21-22,24-25,27,32-37,39,41-42,44-45,47-56,58-59,61-65H2,1-6H3,(H-,70,72,74,75)/p+1/b14-11-,20-17+,26-23+,30-28+,31-29-,40-38+,46-43+,60-57-. The van der Waals surface area contributed by atoms with Crippen LogP contribution in [0.15, 0.2) is 97.2 Å². The van der Waals surface area contributed by atoms with E-state index in [4.69, 9.17) is 13.8 Å². The molecular weight excluding hydrogens is 1000 g/mol. The number of hydrogen-bond acceptors (Lipinski definition) is 6. The number of quaternary nitrogens is 1. The van der Waals surface area contributed by atoms with E-state index < -0.39 is 20.0 Å². The summed E-state index contributed by atoms with van der Waals surface area (Å²) >= 11 is 0. The minimum atomic E-state index is -4.47. The number of unbranched alkanes of at least 4 members (excludes halogenated alkanes) is 33. The van der Waals surface area contributed by atoms with E-state index in [0.29, 0.717) is 17.4 Å². The summed E-state index contributed by atoms with van der Waals surface area (Å²) in [6, 6.07) is -0.877. The van der Waals surface area contributed by atoms with Crippen molar-refractivity contribution in [3.63, 3.8) is 0 Å². The first-order valence-corrected chi connectivity index (χ1v) is 34.1. The molecule has 0 fully saturated rings. The van der Waals surface area contributed by atoms with Crippen LogP contribution in [0.4, 0.5) is 0 Å². The lowest BCUT2D eigenvalue weighted by atomic mass is 10.0. The number of hydrogen-bond donors (Lipinski definition) is 2. The van der Waals surface area contributed by atoms with E-state index >= 15 is 0 Å². The van der Waals surface area contributed by atoms with Gasteiger partial charge in [-0.25, -0.2) is 4.57 Å². The highest BCUT2D eigenvalue weighted by Crippen LogP contribution is 2.43. The number of nitrogens with one attached hydrogen (secondary N) is 1. The number of phosphoric ester groups is 1. The zero-order chi connectivity index (χ0) is 57.9. The molecule has 0 radical (unpaired) electrons. The Morgan fingerprint density at radius 1 is 0.456 bits per heavy atom. The first kappa shape index (κ1) is 75.9. The summed E-state index contributed by atoms with van der Waals surface area (Å²) in [4.78, 5) is 37.8. The number of amides is 1. The SMILES string of the molecule is CC\C=C/C=C/C=C/C=C\C=C\C=C\CCCCCC(=O)NC(COP(=O)(O)OCC[N+](C)(C)C)C(/C=C\CCCCCCCCCCCCC)OC(=O)CCCCCCCCCCCCCCC/C=C/CCCCCCCC. The molecule has 0 aliphatic carbocycles. The topological polar surface area (TPSA) is 111 Å². The Morgan fingerprint density at radius 2 is 0.823 bits per heavy atom. The van der Waals surface area contributed by atoms with Crippen LogP contribution in [0, 0.1) is 0 Å². The average Bonchev–Trinajstić information content (AvgIpc) is 3.41. The number of carbonyl (C=O) groups is 2. The Bertz CT molecular complexity index is 1670. The lowest BCUT2D eigenvalue weighted by molar-refractivity contribution is -0.870. The molecule has 0 aromatic carbocycles. The van der Waals surface area contributed by atoms with E-state index in [-0.39, 0.29) is 37.9 Å². The third kappa shape index (κ3) is 59.4. The number of likely N-dealkylation sites (N-methyl/N-ethyl adjacent to an activating group) is 1. The molecule has 0 saturated heterocycles. The van der Waals surface area contributed by atoms with Crippen LogP contribution < -0.4 is 5.32 Å². The molecule has 0 aliphatic heterocycles. The van der Waals surface area contributed by atoms with Gasteiger partial charge >= 0.3 is 13.8 Å². The van der Waals surface area contributed by atoms with Gasteiger partial charge in [-0.15, -0.1) is 0 Å². The smallest absolute Gasteiger partial charge is 0.456 e. The van der Waals surface area contributed by atoms with Crippen LogP contribution in [-0.2, 0) is 27.9 Å². The summed E-state index contributed by atoms with van der Waals surface area (Å²) in [6.45, 7) is 6.84. The van der Waals surface area contributed by atoms with Crippen molar-refractivity contribution < 1.29 is 37.3 Å². The van der Waals surface area contributed by atoms with Crippen molar-refractivity contribution in [1.82, 2.24) is 5.32 Å². The largest absolute Gasteiger partial charge is 0.472 e. The van der Waals surface area contributed by atoms with Gasteiger partial charge in [-0.2, -0.15) is 0 Å². The van der Waals surface area contributed by atoms with Crippen LogP contribution >= 0.6 is 7.82 Å². The van der Waals surface area contributed by atoms with Gasteiger partial charge in [0.2, 0.25) is 5.91 Å². The third-order valence-electron chi connectivity index (χ3n) is 14.2. The number of rotatable bonds is 58. The van der Waals surface area contributed by atoms with E-state index in [1.54, 1.807) is 0 Å². The number of allylic oxidation sites excluding steroid dienone is 15. The molecule has 3 unspecified atom stereocenters. The van der Waals surface area contributed by atoms with Crippen LogP contribution in [0.1, 0.15) is 278 Å². The van der Waals surface area contributed by atoms with Gasteiger partial charge in [-0.3, -0.25) is 18.6 Å². The van der Waals surface area contributed by atoms with Gasteiger partial charge in [0.1, 0.15) is 19.3 Å². The summed E-state index contributed by atoms with van der Waals surface area (Å²) in [7, 11) is 1.46. The van der Waals surface area contributed by atoms with Gasteiger partial charge in [-0.05, 0) is 76.7 Å². The van der Waals surface area contributed by atoms with E-state index in [9.17, 15) is 19.0 Å². The monoisotopic (exact) mass is 1120 g/mol. The molecule has 0 bridgehead atoms. The van der Waals surface area contributed by atoms with Crippen molar-refractivity contribution >= 4 is 19.7 Å². The maximum atomic E-state index is 13.5. The molecule has 456 valence electrons. The second-order valence-electron chi connectivity index (χ2n) is 23.1. The number of phosphoric acid groups is 1. The van der Waals surface area contributed by atoms with Crippen LogP contribution in [0.25, 0.3) is 0 Å². The number of esters is 1. The minimum Gasteiger partial charge on any atom is -0.456 e. The number of ether oxygens (including phenoxy) is 1. The summed E-state index contributed by atoms with van der Waals surface area (Å²) in [5.41, 5.74) is 0. The highest BCUT2D eigenvalue weighted by Gasteiger charge is 2.30. The highest BCUT2D eigenvalue weighted by atomic mass is 31.2. The fraction of sp³-hybridized carbons (Fsp3) is 0.739. The second kappa shape index (κ2) is 58.1. The Balaban J connectivity index is 5.26. The zero-order valence-electron chi connectivity index (χ0n) is 52.1. The molecule has 79 heavy (non-hydrogen) atoms. The molecular formula is C69H124N2O7P+. The van der Waals surface area contributed by atoms with Crippen molar-refractivity contribution in [3.05, 3.63) is 97.2 Å². The molecule has 0 heterocycles. The molecule has 0 aliphatic rings. The minimum absolute atomic E-state index is 0.0271. The Hall–Kier alpha value is -3.07. The van der Waals surface area contributed by atoms with E-state index in [2.05, 4.69) is 50.4 Å². The van der Waals surface area contributed by atoms with Gasteiger partial charge < -0.3 is 19.4 Å². The van der Waals surface area contributed by atoms with Crippen molar-refractivity contribution in [2.45, 2.75) is 290 Å². The molecule has 0 rings (SSSR count). The highest BCUT2D eigenvalue weighted by molar-refractivity contribution is 7.47. The average molecular weight is 1120 g/mol. The maximum Gasteiger partial charge on any atom is 0.472 e. The van der Waals surface area contributed by atoms with Gasteiger partial charge in [0.05, 0.1) is 33.8 Å². The lowest BCUT2D eigenvalue weighted by Gasteiger charge is -2.27. The molecule has 9 nitrogen and oxygen atoms in total. The van der Waals surface area contributed by atoms with E-state index in [0.717, 1.165) is 64.2 Å². The maximum absolute atomic E-state index is 13.5. The van der Waals surface area contributed by atoms with Gasteiger partial charge in [0.15, 0.2) is 0 Å². The molecule has 1 amide bonds. The molecule has 10 heteroatoms. The van der Waals surface area contributed by atoms with Gasteiger partial charge in [0, 0.05) is 12.8 Å². The molecule has 2 N–H and O–H groups in total. The van der Waals surface area contributed by atoms with Crippen molar-refractivity contribution in [1.29, 1.82) is 0 Å². The fourth-order valence-corrected chi connectivity index (χ4v) is 9.88. The second-order valence-corrected chi connectivity index (χ2v) is 24.5. The summed E-state index contributed by atoms with van der Waals surface area (Å²) in [5, 5.41) is 3.03.